The van der Waals surface area contributed by atoms with Gasteiger partial charge in [0.25, 0.3) is 0 Å². The van der Waals surface area contributed by atoms with Crippen LogP contribution in [0.5, 0.6) is 0 Å². The molecule has 0 fully saturated rings. The monoisotopic (exact) mass is 293 g/mol. The molecule has 1 unspecified atom stereocenters. The van der Waals surface area contributed by atoms with Crippen LogP contribution in [-0.4, -0.2) is 34.7 Å². The Hall–Kier alpha value is -2.04. The van der Waals surface area contributed by atoms with Crippen molar-refractivity contribution in [3.8, 4) is 0 Å². The zero-order valence-corrected chi connectivity index (χ0v) is 12.8. The van der Waals surface area contributed by atoms with Crippen molar-refractivity contribution in [2.75, 3.05) is 6.54 Å². The van der Waals surface area contributed by atoms with Crippen LogP contribution in [0.2, 0.25) is 0 Å². The Balaban J connectivity index is 2.74. The van der Waals surface area contributed by atoms with E-state index in [1.54, 1.807) is 13.8 Å². The molecular formula is C16H23NO4. The molecule has 0 aromatic heterocycles. The standard InChI is InChI=1S/C16H23NO4/c1-4-10-17(14(12(2)3)15(18)19)16(20)21-11-13-8-6-5-7-9-13/h5-9,12,14H,4,10-11H2,1-3H3,(H,18,19). The number of hydrogen-bond acceptors (Lipinski definition) is 3. The molecule has 0 saturated carbocycles. The number of carboxylic acid groups (broad SMARTS) is 1. The van der Waals surface area contributed by atoms with Gasteiger partial charge >= 0.3 is 12.1 Å². The highest BCUT2D eigenvalue weighted by Gasteiger charge is 2.32. The molecular weight excluding hydrogens is 270 g/mol. The van der Waals surface area contributed by atoms with Gasteiger partial charge in [0.2, 0.25) is 0 Å². The van der Waals surface area contributed by atoms with Gasteiger partial charge in [-0.3, -0.25) is 4.90 Å². The lowest BCUT2D eigenvalue weighted by Crippen LogP contribution is -2.48. The van der Waals surface area contributed by atoms with Gasteiger partial charge in [-0.1, -0.05) is 51.1 Å². The van der Waals surface area contributed by atoms with Crippen LogP contribution >= 0.6 is 0 Å². The first-order valence-corrected chi connectivity index (χ1v) is 7.17. The lowest BCUT2D eigenvalue weighted by Gasteiger charge is -2.30. The van der Waals surface area contributed by atoms with Crippen LogP contribution < -0.4 is 0 Å². The van der Waals surface area contributed by atoms with Crippen LogP contribution in [0.25, 0.3) is 0 Å². The van der Waals surface area contributed by atoms with Crippen molar-refractivity contribution in [1.82, 2.24) is 4.90 Å². The van der Waals surface area contributed by atoms with Gasteiger partial charge in [-0.15, -0.1) is 0 Å². The van der Waals surface area contributed by atoms with Gasteiger partial charge in [-0.2, -0.15) is 0 Å². The highest BCUT2D eigenvalue weighted by Crippen LogP contribution is 2.14. The minimum atomic E-state index is -1.00. The van der Waals surface area contributed by atoms with Crippen LogP contribution in [0.15, 0.2) is 30.3 Å². The molecule has 1 rings (SSSR count). The summed E-state index contributed by atoms with van der Waals surface area (Å²) in [6, 6.07) is 8.45. The lowest BCUT2D eigenvalue weighted by atomic mass is 10.0. The van der Waals surface area contributed by atoms with Gasteiger partial charge in [0.05, 0.1) is 0 Å². The number of nitrogens with zero attached hydrogens (tertiary/aromatic N) is 1. The molecule has 1 aromatic carbocycles. The Bertz CT molecular complexity index is 459. The van der Waals surface area contributed by atoms with E-state index in [0.29, 0.717) is 13.0 Å². The number of carboxylic acids is 1. The fourth-order valence-electron chi connectivity index (χ4n) is 2.17. The summed E-state index contributed by atoms with van der Waals surface area (Å²) >= 11 is 0. The first kappa shape index (κ1) is 17.0. The molecule has 0 aliphatic heterocycles. The topological polar surface area (TPSA) is 66.8 Å². The number of carbonyl (C=O) groups is 2. The SMILES string of the molecule is CCCN(C(=O)OCc1ccccc1)C(C(=O)O)C(C)C. The molecule has 1 amide bonds. The molecule has 0 radical (unpaired) electrons. The van der Waals surface area contributed by atoms with E-state index >= 15 is 0 Å². The van der Waals surface area contributed by atoms with Gasteiger partial charge in [0, 0.05) is 6.54 Å². The zero-order valence-electron chi connectivity index (χ0n) is 12.8. The molecule has 0 bridgehead atoms. The fourth-order valence-corrected chi connectivity index (χ4v) is 2.17. The van der Waals surface area contributed by atoms with E-state index in [1.165, 1.54) is 4.90 Å². The van der Waals surface area contributed by atoms with Gasteiger partial charge in [-0.25, -0.2) is 9.59 Å². The van der Waals surface area contributed by atoms with E-state index < -0.39 is 18.1 Å². The van der Waals surface area contributed by atoms with Gasteiger partial charge in [0.1, 0.15) is 12.6 Å². The number of ether oxygens (including phenoxy) is 1. The third kappa shape index (κ3) is 5.10. The summed E-state index contributed by atoms with van der Waals surface area (Å²) in [5.74, 6) is -1.19. The summed E-state index contributed by atoms with van der Waals surface area (Å²) in [7, 11) is 0. The third-order valence-corrected chi connectivity index (χ3v) is 3.12. The number of rotatable bonds is 7. The second-order valence-electron chi connectivity index (χ2n) is 5.26. The van der Waals surface area contributed by atoms with Gasteiger partial charge in [-0.05, 0) is 17.9 Å². The summed E-state index contributed by atoms with van der Waals surface area (Å²) in [6.07, 6.45) is 0.0959. The molecule has 0 heterocycles. The molecule has 0 aliphatic carbocycles. The molecule has 116 valence electrons. The molecule has 0 spiro atoms. The maximum absolute atomic E-state index is 12.2. The van der Waals surface area contributed by atoms with Gasteiger partial charge < -0.3 is 9.84 Å². The van der Waals surface area contributed by atoms with E-state index in [9.17, 15) is 14.7 Å². The van der Waals surface area contributed by atoms with Crippen LogP contribution in [0.4, 0.5) is 4.79 Å². The number of benzene rings is 1. The summed E-state index contributed by atoms with van der Waals surface area (Å²) in [4.78, 5) is 24.9. The average molecular weight is 293 g/mol. The van der Waals surface area contributed by atoms with Crippen molar-refractivity contribution in [3.63, 3.8) is 0 Å². The maximum atomic E-state index is 12.2. The molecule has 0 aliphatic rings. The molecule has 5 nitrogen and oxygen atoms in total. The first-order valence-electron chi connectivity index (χ1n) is 7.17. The minimum Gasteiger partial charge on any atom is -0.480 e. The lowest BCUT2D eigenvalue weighted by molar-refractivity contribution is -0.144. The van der Waals surface area contributed by atoms with E-state index in [2.05, 4.69) is 0 Å². The fraction of sp³-hybridized carbons (Fsp3) is 0.500. The molecule has 21 heavy (non-hydrogen) atoms. The summed E-state index contributed by atoms with van der Waals surface area (Å²) in [5.41, 5.74) is 0.874. The summed E-state index contributed by atoms with van der Waals surface area (Å²) in [6.45, 7) is 5.97. The second-order valence-corrected chi connectivity index (χ2v) is 5.26. The van der Waals surface area contributed by atoms with Crippen LogP contribution in [0.3, 0.4) is 0 Å². The van der Waals surface area contributed by atoms with Crippen LogP contribution in [0.1, 0.15) is 32.8 Å². The summed E-state index contributed by atoms with van der Waals surface area (Å²) in [5, 5.41) is 9.33. The number of aliphatic carboxylic acids is 1. The Morgan fingerprint density at radius 1 is 1.24 bits per heavy atom. The normalized spacial score (nSPS) is 12.0. The Labute approximate surface area is 125 Å². The molecule has 5 heteroatoms. The highest BCUT2D eigenvalue weighted by molar-refractivity contribution is 5.80. The molecule has 1 aromatic rings. The van der Waals surface area contributed by atoms with Crippen molar-refractivity contribution in [1.29, 1.82) is 0 Å². The predicted octanol–water partition coefficient (Wildman–Crippen LogP) is 3.14. The zero-order chi connectivity index (χ0) is 15.8. The molecule has 1 N–H and O–H groups in total. The summed E-state index contributed by atoms with van der Waals surface area (Å²) < 4.78 is 5.25. The largest absolute Gasteiger partial charge is 0.480 e. The van der Waals surface area contributed by atoms with E-state index in [0.717, 1.165) is 5.56 Å². The van der Waals surface area contributed by atoms with Crippen LogP contribution in [-0.2, 0) is 16.1 Å². The predicted molar refractivity (Wildman–Crippen MR) is 79.9 cm³/mol. The number of carbonyl (C=O) groups excluding carboxylic acids is 1. The second kappa shape index (κ2) is 8.29. The van der Waals surface area contributed by atoms with E-state index in [4.69, 9.17) is 4.74 Å². The number of hydrogen-bond donors (Lipinski definition) is 1. The average Bonchev–Trinajstić information content (AvgIpc) is 2.44. The molecule has 1 atom stereocenters. The maximum Gasteiger partial charge on any atom is 0.410 e. The third-order valence-electron chi connectivity index (χ3n) is 3.12. The van der Waals surface area contributed by atoms with E-state index in [-0.39, 0.29) is 12.5 Å². The smallest absolute Gasteiger partial charge is 0.410 e. The van der Waals surface area contributed by atoms with E-state index in [1.807, 2.05) is 37.3 Å². The number of amides is 1. The van der Waals surface area contributed by atoms with Crippen molar-refractivity contribution in [2.24, 2.45) is 5.92 Å². The Kier molecular flexibility index (Phi) is 6.72. The van der Waals surface area contributed by atoms with Crippen molar-refractivity contribution < 1.29 is 19.4 Å². The highest BCUT2D eigenvalue weighted by atomic mass is 16.6. The first-order chi connectivity index (χ1) is 9.97. The quantitative estimate of drug-likeness (QED) is 0.838. The van der Waals surface area contributed by atoms with Crippen molar-refractivity contribution in [3.05, 3.63) is 35.9 Å². The minimum absolute atomic E-state index is 0.143. The van der Waals surface area contributed by atoms with Crippen molar-refractivity contribution in [2.45, 2.75) is 39.8 Å². The van der Waals surface area contributed by atoms with Crippen LogP contribution in [0, 0.1) is 5.92 Å². The van der Waals surface area contributed by atoms with Crippen molar-refractivity contribution >= 4 is 12.1 Å². The van der Waals surface area contributed by atoms with Gasteiger partial charge in [0.15, 0.2) is 0 Å². The molecule has 0 saturated heterocycles. The Morgan fingerprint density at radius 3 is 2.33 bits per heavy atom. The Morgan fingerprint density at radius 2 is 1.86 bits per heavy atom.